The van der Waals surface area contributed by atoms with E-state index in [4.69, 9.17) is 18.9 Å². The van der Waals surface area contributed by atoms with Gasteiger partial charge in [-0.2, -0.15) is 0 Å². The molecule has 3 aromatic heterocycles. The number of hydrogen-bond acceptors (Lipinski definition) is 8. The Labute approximate surface area is 404 Å². The van der Waals surface area contributed by atoms with Crippen LogP contribution < -0.4 is 15.9 Å². The van der Waals surface area contributed by atoms with Crippen LogP contribution in [-0.2, 0) is 26.2 Å². The molecule has 1 radical (unpaired) electrons. The molecule has 10 nitrogen and oxygen atoms in total. The van der Waals surface area contributed by atoms with Gasteiger partial charge in [-0.3, -0.25) is 19.4 Å². The SMILES string of the molecule is CCOC(=O)C1=C(C)/C(=C(\c2c(C)cc(OC(=O)CCCc3ccc(-n4c(=O)c5ccc6oc7ccc(C(C)(C)C)cc7c7ccc(c4=O)c5c67)cc3)cc2C)c2c(C)c(C)c(C)n2[B-](F)F)N=C1C. The van der Waals surface area contributed by atoms with Crippen LogP contribution in [0.15, 0.2) is 115 Å². The minimum absolute atomic E-state index is 0.0873. The van der Waals surface area contributed by atoms with E-state index in [9.17, 15) is 27.8 Å². The molecule has 1 aliphatic heterocycles. The molecule has 0 bridgehead atoms. The Morgan fingerprint density at radius 1 is 0.757 bits per heavy atom. The molecule has 5 aromatic carbocycles. The fraction of sp³-hybridized carbons (Fsp3) is 0.281. The van der Waals surface area contributed by atoms with Gasteiger partial charge in [0.25, 0.3) is 11.1 Å². The summed E-state index contributed by atoms with van der Waals surface area (Å²) < 4.78 is 49.7. The van der Waals surface area contributed by atoms with Crippen LogP contribution in [0.4, 0.5) is 8.63 Å². The number of halogens is 2. The van der Waals surface area contributed by atoms with Gasteiger partial charge in [-0.15, -0.1) is 0 Å². The zero-order chi connectivity index (χ0) is 50.2. The highest BCUT2D eigenvalue weighted by Gasteiger charge is 2.32. The van der Waals surface area contributed by atoms with Gasteiger partial charge in [0.05, 0.1) is 29.3 Å². The van der Waals surface area contributed by atoms with E-state index < -0.39 is 30.5 Å². The molecule has 13 heteroatoms. The number of allylic oxidation sites excluding steroid dienone is 1. The number of aryl methyl sites for hydroxylation is 3. The number of benzene rings is 5. The highest BCUT2D eigenvalue weighted by atomic mass is 19.2. The van der Waals surface area contributed by atoms with Crippen LogP contribution in [-0.4, -0.2) is 40.7 Å². The number of pyridine rings is 1. The first-order valence-electron chi connectivity index (χ1n) is 23.6. The topological polar surface area (TPSA) is 122 Å². The van der Waals surface area contributed by atoms with Gasteiger partial charge in [0, 0.05) is 44.6 Å². The van der Waals surface area contributed by atoms with Crippen molar-refractivity contribution in [3.8, 4) is 11.4 Å². The fourth-order valence-corrected chi connectivity index (χ4v) is 10.2. The summed E-state index contributed by atoms with van der Waals surface area (Å²) in [5, 5.41) is 4.03. The van der Waals surface area contributed by atoms with E-state index in [0.29, 0.717) is 113 Å². The van der Waals surface area contributed by atoms with E-state index in [-0.39, 0.29) is 18.4 Å². The van der Waals surface area contributed by atoms with Crippen LogP contribution in [0.2, 0.25) is 0 Å². The normalized spacial score (nSPS) is 14.0. The molecule has 357 valence electrons. The molecule has 0 saturated heterocycles. The maximum absolute atomic E-state index is 15.0. The van der Waals surface area contributed by atoms with Crippen LogP contribution >= 0.6 is 0 Å². The van der Waals surface area contributed by atoms with Crippen LogP contribution in [0, 0.1) is 34.6 Å². The monoisotopic (exact) mass is 941 g/mol. The summed E-state index contributed by atoms with van der Waals surface area (Å²) in [7, 11) is -2.85. The van der Waals surface area contributed by atoms with Crippen molar-refractivity contribution in [3.63, 3.8) is 0 Å². The van der Waals surface area contributed by atoms with Gasteiger partial charge >= 0.3 is 19.3 Å². The second-order valence-corrected chi connectivity index (χ2v) is 19.4. The summed E-state index contributed by atoms with van der Waals surface area (Å²) in [6.45, 7) is 20.7. The van der Waals surface area contributed by atoms with E-state index in [1.807, 2.05) is 45.0 Å². The number of aromatic nitrogens is 2. The van der Waals surface area contributed by atoms with Crippen LogP contribution in [0.1, 0.15) is 105 Å². The van der Waals surface area contributed by atoms with Crippen molar-refractivity contribution < 1.29 is 32.1 Å². The van der Waals surface area contributed by atoms with Crippen molar-refractivity contribution >= 4 is 74.1 Å². The number of carbonyl (C=O) groups excluding carboxylic acids is 2. The lowest BCUT2D eigenvalue weighted by atomic mass is 9.85. The van der Waals surface area contributed by atoms with Crippen molar-refractivity contribution in [2.75, 3.05) is 6.61 Å². The molecular formula is C57H54BF2N3O7-. The Kier molecular flexibility index (Phi) is 12.1. The van der Waals surface area contributed by atoms with Crippen LogP contribution in [0.3, 0.4) is 0 Å². The van der Waals surface area contributed by atoms with Gasteiger partial charge in [0.2, 0.25) is 0 Å². The van der Waals surface area contributed by atoms with Gasteiger partial charge in [-0.1, -0.05) is 45.0 Å². The van der Waals surface area contributed by atoms with Gasteiger partial charge in [0.1, 0.15) is 16.9 Å². The van der Waals surface area contributed by atoms with Crippen LogP contribution in [0.25, 0.3) is 54.7 Å². The zero-order valence-electron chi connectivity index (χ0n) is 41.4. The highest BCUT2D eigenvalue weighted by molar-refractivity contribution is 6.42. The van der Waals surface area contributed by atoms with Gasteiger partial charge < -0.3 is 27.0 Å². The standard InChI is InChI=1S/C57H54BF2N3O7/c1-12-68-56(67)48-33(6)52(61-34(48)7)51(53-32(5)31(4)35(8)63(53)58(59)60)47-29(2)26-39(27-30(47)3)69-46(64)15-13-14-36-16-19-38(20-17-36)62-54(65)41-22-21-40-43-28-37(57(9,10)11)18-24-44(43)70-45-25-23-42(55(62)66)49(41)50(40)45/h16-28H,12-15H2,1-11H3/q-1/b52-51-. The van der Waals surface area contributed by atoms with Gasteiger partial charge in [-0.25, -0.2) is 9.36 Å². The molecule has 1 aliphatic rings. The average molecular weight is 942 g/mol. The summed E-state index contributed by atoms with van der Waals surface area (Å²) in [6.07, 6.45) is 1.09. The summed E-state index contributed by atoms with van der Waals surface area (Å²) in [4.78, 5) is 59.6. The van der Waals surface area contributed by atoms with Crippen molar-refractivity contribution in [2.24, 2.45) is 4.99 Å². The highest BCUT2D eigenvalue weighted by Crippen LogP contribution is 2.44. The minimum Gasteiger partial charge on any atom is -0.488 e. The number of rotatable bonds is 11. The molecule has 0 fully saturated rings. The fourth-order valence-electron chi connectivity index (χ4n) is 10.2. The molecule has 0 amide bonds. The molecule has 0 unspecified atom stereocenters. The molecule has 0 N–H and O–H groups in total. The van der Waals surface area contributed by atoms with E-state index in [0.717, 1.165) is 37.3 Å². The molecule has 0 aliphatic carbocycles. The Hall–Kier alpha value is -7.41. The minimum atomic E-state index is -2.85. The Balaban J connectivity index is 0.951. The quantitative estimate of drug-likeness (QED) is 0.0416. The second kappa shape index (κ2) is 17.8. The summed E-state index contributed by atoms with van der Waals surface area (Å²) in [5.41, 5.74) is 9.02. The third-order valence-electron chi connectivity index (χ3n) is 14.0. The number of esters is 2. The maximum Gasteiger partial charge on any atom is 0.341 e. The Morgan fingerprint density at radius 3 is 2.01 bits per heavy atom. The first-order chi connectivity index (χ1) is 33.2. The third-order valence-corrected chi connectivity index (χ3v) is 14.0. The number of fused-ring (bicyclic) bond motifs is 2. The first kappa shape index (κ1) is 47.7. The van der Waals surface area contributed by atoms with Crippen molar-refractivity contribution in [2.45, 2.75) is 101 Å². The van der Waals surface area contributed by atoms with E-state index in [1.165, 1.54) is 4.57 Å². The smallest absolute Gasteiger partial charge is 0.341 e. The lowest BCUT2D eigenvalue weighted by Crippen LogP contribution is -2.31. The maximum atomic E-state index is 15.0. The zero-order valence-corrected chi connectivity index (χ0v) is 41.4. The number of aliphatic imine (C=N–C) groups is 1. The van der Waals surface area contributed by atoms with Crippen molar-refractivity contribution in [3.05, 3.63) is 167 Å². The summed E-state index contributed by atoms with van der Waals surface area (Å²) >= 11 is 0. The molecule has 4 heterocycles. The van der Waals surface area contributed by atoms with E-state index in [2.05, 4.69) is 32.9 Å². The predicted octanol–water partition coefficient (Wildman–Crippen LogP) is 12.3. The molecule has 70 heavy (non-hydrogen) atoms. The number of nitrogens with zero attached hydrogens (tertiary/aromatic N) is 3. The lowest BCUT2D eigenvalue weighted by molar-refractivity contribution is -0.138. The number of ether oxygens (including phenoxy) is 2. The molecule has 0 atom stereocenters. The molecule has 0 spiro atoms. The van der Waals surface area contributed by atoms with E-state index in [1.54, 1.807) is 77.1 Å². The first-order valence-corrected chi connectivity index (χ1v) is 23.6. The summed E-state index contributed by atoms with van der Waals surface area (Å²) in [6, 6.07) is 24.1. The second-order valence-electron chi connectivity index (χ2n) is 19.4. The molecule has 8 aromatic rings. The van der Waals surface area contributed by atoms with Crippen molar-refractivity contribution in [1.82, 2.24) is 9.05 Å². The largest absolute Gasteiger partial charge is 0.488 e. The molecule has 0 saturated carbocycles. The summed E-state index contributed by atoms with van der Waals surface area (Å²) in [5.74, 6) is -0.676. The third kappa shape index (κ3) is 7.94. The Bertz CT molecular complexity index is 3680. The average Bonchev–Trinajstić information content (AvgIpc) is 3.72. The number of hydrogen-bond donors (Lipinski definition) is 0. The predicted molar refractivity (Wildman–Crippen MR) is 275 cm³/mol. The van der Waals surface area contributed by atoms with Gasteiger partial charge in [0.15, 0.2) is 0 Å². The van der Waals surface area contributed by atoms with Crippen LogP contribution in [0.5, 0.6) is 5.75 Å². The van der Waals surface area contributed by atoms with E-state index >= 15 is 0 Å². The lowest BCUT2D eigenvalue weighted by Gasteiger charge is -2.26. The molecule has 9 rings (SSSR count). The Morgan fingerprint density at radius 2 is 1.39 bits per heavy atom. The van der Waals surface area contributed by atoms with Crippen molar-refractivity contribution in [1.29, 1.82) is 0 Å². The molecular weight excluding hydrogens is 887 g/mol. The number of carbonyl (C=O) groups is 2. The van der Waals surface area contributed by atoms with Gasteiger partial charge in [-0.05, 0) is 184 Å².